The first-order valence-corrected chi connectivity index (χ1v) is 17.0. The molecule has 0 spiro atoms. The van der Waals surface area contributed by atoms with Gasteiger partial charge in [-0.15, -0.1) is 0 Å². The first-order valence-electron chi connectivity index (χ1n) is 12.0. The van der Waals surface area contributed by atoms with Gasteiger partial charge in [-0.25, -0.2) is 9.78 Å². The summed E-state index contributed by atoms with van der Waals surface area (Å²) in [6.07, 6.45) is 10.2. The summed E-state index contributed by atoms with van der Waals surface area (Å²) in [6, 6.07) is 5.70. The first kappa shape index (κ1) is 29.9. The smallest absolute Gasteiger partial charge is 0.271 e. The van der Waals surface area contributed by atoms with Crippen LogP contribution in [-0.2, 0) is 43.2 Å². The lowest BCUT2D eigenvalue weighted by Crippen LogP contribution is -2.38. The van der Waals surface area contributed by atoms with Crippen molar-refractivity contribution in [2.24, 2.45) is 0 Å². The highest BCUT2D eigenvalue weighted by molar-refractivity contribution is 8.04. The highest BCUT2D eigenvalue weighted by atomic mass is 32.2. The number of thioether (sulfide) groups is 1. The highest BCUT2D eigenvalue weighted by Crippen LogP contribution is 2.43. The number of hydrogen-bond donors (Lipinski definition) is 2. The van der Waals surface area contributed by atoms with E-state index >= 15 is 0 Å². The summed E-state index contributed by atoms with van der Waals surface area (Å²) >= 11 is 3.11. The van der Waals surface area contributed by atoms with Crippen molar-refractivity contribution in [1.29, 1.82) is 0 Å². The van der Waals surface area contributed by atoms with Gasteiger partial charge in [-0.2, -0.15) is 21.4 Å². The molecule has 1 aromatic carbocycles. The van der Waals surface area contributed by atoms with Gasteiger partial charge in [0.25, 0.3) is 25.2 Å². The van der Waals surface area contributed by atoms with Crippen LogP contribution in [-0.4, -0.2) is 67.3 Å². The summed E-state index contributed by atoms with van der Waals surface area (Å²) in [4.78, 5) is 11.7. The van der Waals surface area contributed by atoms with Crippen LogP contribution in [0.3, 0.4) is 0 Å². The molecule has 4 rings (SSSR count). The molecule has 1 fully saturated rings. The Labute approximate surface area is 236 Å². The van der Waals surface area contributed by atoms with Crippen LogP contribution in [0.5, 0.6) is 0 Å². The second kappa shape index (κ2) is 12.2. The van der Waals surface area contributed by atoms with Gasteiger partial charge >= 0.3 is 0 Å². The predicted molar refractivity (Wildman–Crippen MR) is 153 cm³/mol. The van der Waals surface area contributed by atoms with Crippen molar-refractivity contribution in [2.75, 3.05) is 25.2 Å². The van der Waals surface area contributed by atoms with E-state index < -0.39 is 26.0 Å². The normalized spacial score (nSPS) is 21.2. The zero-order valence-corrected chi connectivity index (χ0v) is 24.9. The number of hydrogen-bond acceptors (Lipinski definition) is 9. The van der Waals surface area contributed by atoms with Crippen molar-refractivity contribution in [1.82, 2.24) is 4.90 Å². The Bertz CT molecular complexity index is 1570. The van der Waals surface area contributed by atoms with E-state index in [1.165, 1.54) is 18.4 Å². The molecule has 2 unspecified atom stereocenters. The number of rotatable bonds is 11. The van der Waals surface area contributed by atoms with E-state index in [2.05, 4.69) is 12.2 Å². The van der Waals surface area contributed by atoms with Crippen molar-refractivity contribution in [3.63, 3.8) is 0 Å². The third-order valence-corrected chi connectivity index (χ3v) is 10.0. The Balaban J connectivity index is 1.71. The number of aryl methyl sites for hydroxylation is 1. The van der Waals surface area contributed by atoms with Crippen LogP contribution < -0.4 is 4.57 Å². The van der Waals surface area contributed by atoms with Crippen molar-refractivity contribution < 1.29 is 40.3 Å². The number of nitrogens with zero attached hydrogens (tertiary/aromatic N) is 2. The summed E-state index contributed by atoms with van der Waals surface area (Å²) in [6.45, 7) is 4.33. The van der Waals surface area contributed by atoms with Gasteiger partial charge in [0.2, 0.25) is 5.52 Å². The molecule has 1 aromatic heterocycles. The number of benzene rings is 1. The fourth-order valence-corrected chi connectivity index (χ4v) is 7.86. The zero-order valence-electron chi connectivity index (χ0n) is 21.7. The van der Waals surface area contributed by atoms with Gasteiger partial charge < -0.3 is 4.90 Å². The van der Waals surface area contributed by atoms with Crippen molar-refractivity contribution >= 4 is 59.6 Å². The van der Waals surface area contributed by atoms with E-state index in [0.717, 1.165) is 37.0 Å². The van der Waals surface area contributed by atoms with Crippen molar-refractivity contribution in [3.05, 3.63) is 69.2 Å². The minimum atomic E-state index is -4.18. The van der Waals surface area contributed by atoms with Gasteiger partial charge in [0, 0.05) is 18.7 Å². The molecule has 0 bridgehead atoms. The molecule has 0 radical (unpaired) electrons. The molecule has 2 heterocycles. The van der Waals surface area contributed by atoms with E-state index in [-0.39, 0.29) is 36.7 Å². The zero-order chi connectivity index (χ0) is 28.4. The fraction of sp³-hybridized carbons (Fsp3) is 0.400. The van der Waals surface area contributed by atoms with Gasteiger partial charge in [-0.1, -0.05) is 53.0 Å². The van der Waals surface area contributed by atoms with E-state index in [0.29, 0.717) is 0 Å². The Kier molecular flexibility index (Phi) is 9.38. The summed E-state index contributed by atoms with van der Waals surface area (Å²) in [5, 5.41) is 1.78. The Morgan fingerprint density at radius 1 is 1.18 bits per heavy atom. The van der Waals surface area contributed by atoms with Crippen LogP contribution in [0.2, 0.25) is 0 Å². The molecular weight excluding hydrogens is 585 g/mol. The Morgan fingerprint density at radius 3 is 2.62 bits per heavy atom. The maximum absolute atomic E-state index is 11.6. The van der Waals surface area contributed by atoms with Crippen LogP contribution in [0.1, 0.15) is 24.4 Å². The van der Waals surface area contributed by atoms with Gasteiger partial charge in [-0.05, 0) is 37.1 Å². The molecule has 10 nitrogen and oxygen atoms in total. The summed E-state index contributed by atoms with van der Waals surface area (Å²) in [7, 11) is -6.89. The van der Waals surface area contributed by atoms with E-state index in [4.69, 9.17) is 9.78 Å². The average molecular weight is 616 g/mol. The Morgan fingerprint density at radius 2 is 1.92 bits per heavy atom. The molecule has 0 amide bonds. The van der Waals surface area contributed by atoms with Crippen LogP contribution in [0, 0.1) is 0 Å². The number of allylic oxidation sites excluding steroid dienone is 4. The molecule has 2 atom stereocenters. The molecule has 1 aliphatic carbocycles. The van der Waals surface area contributed by atoms with E-state index in [1.807, 2.05) is 59.7 Å². The lowest BCUT2D eigenvalue weighted by molar-refractivity contribution is -0.664. The van der Waals surface area contributed by atoms with Crippen LogP contribution in [0.25, 0.3) is 16.3 Å². The highest BCUT2D eigenvalue weighted by Gasteiger charge is 2.37. The van der Waals surface area contributed by atoms with Gasteiger partial charge in [0.1, 0.15) is 17.1 Å². The van der Waals surface area contributed by atoms with Crippen LogP contribution in [0.15, 0.2) is 58.7 Å². The van der Waals surface area contributed by atoms with E-state index in [1.54, 1.807) is 11.8 Å². The molecule has 39 heavy (non-hydrogen) atoms. The third-order valence-electron chi connectivity index (χ3n) is 6.22. The number of aromatic nitrogens is 1. The lowest BCUT2D eigenvalue weighted by Gasteiger charge is -2.27. The van der Waals surface area contributed by atoms with Crippen molar-refractivity contribution in [3.8, 4) is 0 Å². The summed E-state index contributed by atoms with van der Waals surface area (Å²) < 4.78 is 67.7. The molecule has 1 aliphatic heterocycles. The molecule has 212 valence electrons. The maximum Gasteiger partial charge on any atom is 0.271 e. The third kappa shape index (κ3) is 8.01. The van der Waals surface area contributed by atoms with E-state index in [9.17, 15) is 25.9 Å². The largest absolute Gasteiger partial charge is 0.357 e. The van der Waals surface area contributed by atoms with Crippen LogP contribution >= 0.6 is 23.1 Å². The van der Waals surface area contributed by atoms with Gasteiger partial charge in [0.05, 0.1) is 29.2 Å². The predicted octanol–water partition coefficient (Wildman–Crippen LogP) is 3.59. The molecule has 14 heteroatoms. The molecule has 2 N–H and O–H groups in total. The molecular formula is C25H31N2O8S4+. The van der Waals surface area contributed by atoms with Crippen LogP contribution in [0.4, 0.5) is 0 Å². The molecule has 2 aromatic rings. The maximum atomic E-state index is 11.6. The standard InChI is InChI=1S/C25H30N2O8S4/c1-17-4-6-22-20(12-17)26(8-10-38(28,29)30)24(36-22)13-18(2)14-25-27(9-11-39(31,32)33)21-15-19(16-35-34-3)5-7-23(21)37-25/h4-7,12-15,20,22H,8-11,16H2,1-3H3,(H-,28,29,30,31,32,33)/p+1. The topological polar surface area (TPSA) is 134 Å². The monoisotopic (exact) mass is 615 g/mol. The molecule has 0 saturated carbocycles. The summed E-state index contributed by atoms with van der Waals surface area (Å²) in [5.41, 5.74) is 3.60. The second-order valence-corrected chi connectivity index (χ2v) is 14.7. The average Bonchev–Trinajstić information content (AvgIpc) is 3.35. The van der Waals surface area contributed by atoms with Gasteiger partial charge in [-0.3, -0.25) is 9.11 Å². The minimum Gasteiger partial charge on any atom is -0.357 e. The lowest BCUT2D eigenvalue weighted by atomic mass is 10.0. The minimum absolute atomic E-state index is 0.0300. The number of fused-ring (bicyclic) bond motifs is 2. The number of thiazole rings is 1. The quantitative estimate of drug-likeness (QED) is 0.167. The fourth-order valence-electron chi connectivity index (χ4n) is 4.44. The second-order valence-electron chi connectivity index (χ2n) is 9.30. The SMILES string of the molecule is COOCc1ccc2sc(/C=C(C)\C=C3\SC4C=CC(C)=CC4N3CCS(=O)(=O)O)[n+](CCS(=O)(=O)O)c2c1. The van der Waals surface area contributed by atoms with Gasteiger partial charge in [0.15, 0.2) is 6.54 Å². The van der Waals surface area contributed by atoms with Crippen molar-refractivity contribution in [2.45, 2.75) is 38.3 Å². The molecule has 1 saturated heterocycles. The first-order chi connectivity index (χ1) is 18.3. The Hall–Kier alpha value is -2.04. The summed E-state index contributed by atoms with van der Waals surface area (Å²) in [5.74, 6) is -0.821. The molecule has 2 aliphatic rings.